The highest BCUT2D eigenvalue weighted by molar-refractivity contribution is 6.35. The van der Waals surface area contributed by atoms with Crippen LogP contribution in [0.2, 0.25) is 10.0 Å². The predicted molar refractivity (Wildman–Crippen MR) is 69.5 cm³/mol. The van der Waals surface area contributed by atoms with Gasteiger partial charge >= 0.3 is 0 Å². The molecule has 0 aromatic heterocycles. The Balaban J connectivity index is 2.76. The average molecular weight is 259 g/mol. The molecule has 0 aliphatic rings. The smallest absolute Gasteiger partial charge is 0.164 e. The summed E-state index contributed by atoms with van der Waals surface area (Å²) < 4.78 is 0. The lowest BCUT2D eigenvalue weighted by molar-refractivity contribution is 0.0963. The molecule has 0 radical (unpaired) electrons. The maximum absolute atomic E-state index is 12.0. The zero-order valence-corrected chi connectivity index (χ0v) is 11.1. The first-order valence-electron chi connectivity index (χ1n) is 5.52. The van der Waals surface area contributed by atoms with E-state index in [9.17, 15) is 4.79 Å². The fourth-order valence-corrected chi connectivity index (χ4v) is 2.13. The molecule has 16 heavy (non-hydrogen) atoms. The summed E-state index contributed by atoms with van der Waals surface area (Å²) in [6, 6.07) is 5.00. The molecular weight excluding hydrogens is 243 g/mol. The van der Waals surface area contributed by atoms with Crippen LogP contribution in [0, 0.1) is 5.92 Å². The molecule has 1 aromatic rings. The van der Waals surface area contributed by atoms with Crippen LogP contribution < -0.4 is 0 Å². The van der Waals surface area contributed by atoms with Gasteiger partial charge < -0.3 is 0 Å². The number of carbonyl (C=O) groups is 1. The Bertz CT molecular complexity index is 374. The number of hydrogen-bond donors (Lipinski definition) is 0. The van der Waals surface area contributed by atoms with Crippen molar-refractivity contribution in [2.24, 2.45) is 5.92 Å². The van der Waals surface area contributed by atoms with Crippen LogP contribution in [0.1, 0.15) is 43.5 Å². The maximum atomic E-state index is 12.0. The van der Waals surface area contributed by atoms with Gasteiger partial charge in [0.1, 0.15) is 0 Å². The largest absolute Gasteiger partial charge is 0.294 e. The fourth-order valence-electron chi connectivity index (χ4n) is 1.73. The van der Waals surface area contributed by atoms with Gasteiger partial charge in [0, 0.05) is 17.0 Å². The van der Waals surface area contributed by atoms with Gasteiger partial charge in [-0.25, -0.2) is 0 Å². The van der Waals surface area contributed by atoms with Gasteiger partial charge in [0.2, 0.25) is 0 Å². The van der Waals surface area contributed by atoms with Gasteiger partial charge in [0.25, 0.3) is 0 Å². The van der Waals surface area contributed by atoms with Gasteiger partial charge in [0.15, 0.2) is 5.78 Å². The van der Waals surface area contributed by atoms with Gasteiger partial charge in [-0.3, -0.25) is 4.79 Å². The quantitative estimate of drug-likeness (QED) is 0.680. The second-order valence-electron chi connectivity index (χ2n) is 4.15. The van der Waals surface area contributed by atoms with E-state index in [0.717, 1.165) is 12.8 Å². The molecule has 0 bridgehead atoms. The normalized spacial score (nSPS) is 12.5. The molecule has 1 nitrogen and oxygen atoms in total. The van der Waals surface area contributed by atoms with Crippen molar-refractivity contribution in [3.05, 3.63) is 33.8 Å². The van der Waals surface area contributed by atoms with Crippen molar-refractivity contribution in [2.75, 3.05) is 0 Å². The molecule has 0 saturated heterocycles. The first kappa shape index (κ1) is 13.5. The Hall–Kier alpha value is -0.530. The molecule has 0 N–H and O–H groups in total. The third-order valence-corrected chi connectivity index (χ3v) is 3.11. The van der Waals surface area contributed by atoms with Crippen LogP contribution >= 0.6 is 23.2 Å². The van der Waals surface area contributed by atoms with E-state index in [1.165, 1.54) is 0 Å². The Morgan fingerprint density at radius 2 is 2.06 bits per heavy atom. The first-order valence-corrected chi connectivity index (χ1v) is 6.28. The molecule has 0 heterocycles. The fraction of sp³-hybridized carbons (Fsp3) is 0.462. The SMILES string of the molecule is CCCC(C)CC(=O)c1cc(Cl)ccc1Cl. The minimum Gasteiger partial charge on any atom is -0.294 e. The highest BCUT2D eigenvalue weighted by atomic mass is 35.5. The van der Waals surface area contributed by atoms with Crippen LogP contribution in [0.4, 0.5) is 0 Å². The lowest BCUT2D eigenvalue weighted by atomic mass is 9.96. The monoisotopic (exact) mass is 258 g/mol. The first-order chi connectivity index (χ1) is 7.54. The molecule has 0 aliphatic carbocycles. The minimum atomic E-state index is 0.0773. The molecule has 88 valence electrons. The van der Waals surface area contributed by atoms with Gasteiger partial charge in [-0.15, -0.1) is 0 Å². The molecule has 3 heteroatoms. The van der Waals surface area contributed by atoms with E-state index in [0.29, 0.717) is 27.9 Å². The topological polar surface area (TPSA) is 17.1 Å². The van der Waals surface area contributed by atoms with Crippen molar-refractivity contribution in [1.82, 2.24) is 0 Å². The van der Waals surface area contributed by atoms with Gasteiger partial charge in [0.05, 0.1) is 5.02 Å². The lowest BCUT2D eigenvalue weighted by Crippen LogP contribution is -2.06. The summed E-state index contributed by atoms with van der Waals surface area (Å²) in [6.45, 7) is 4.20. The molecule has 1 rings (SSSR count). The van der Waals surface area contributed by atoms with Gasteiger partial charge in [-0.1, -0.05) is 49.9 Å². The van der Waals surface area contributed by atoms with E-state index >= 15 is 0 Å². The molecular formula is C13H16Cl2O. The van der Waals surface area contributed by atoms with E-state index in [2.05, 4.69) is 13.8 Å². The summed E-state index contributed by atoms with van der Waals surface area (Å²) in [5, 5.41) is 1.04. The van der Waals surface area contributed by atoms with Crippen LogP contribution in [0.25, 0.3) is 0 Å². The van der Waals surface area contributed by atoms with Crippen molar-refractivity contribution in [2.45, 2.75) is 33.1 Å². The third-order valence-electron chi connectivity index (χ3n) is 2.54. The summed E-state index contributed by atoms with van der Waals surface area (Å²) in [5.74, 6) is 0.473. The van der Waals surface area contributed by atoms with E-state index < -0.39 is 0 Å². The molecule has 0 aliphatic heterocycles. The second-order valence-corrected chi connectivity index (χ2v) is 4.99. The minimum absolute atomic E-state index is 0.0773. The van der Waals surface area contributed by atoms with Crippen molar-refractivity contribution < 1.29 is 4.79 Å². The Morgan fingerprint density at radius 1 is 1.38 bits per heavy atom. The van der Waals surface area contributed by atoms with Crippen LogP contribution in [-0.2, 0) is 0 Å². The Kier molecular flexibility index (Phi) is 5.30. The number of Topliss-reactive ketones (excluding diaryl/α,β-unsaturated/α-hetero) is 1. The zero-order valence-electron chi connectivity index (χ0n) is 9.59. The molecule has 1 atom stereocenters. The Labute approximate surface area is 107 Å². The van der Waals surface area contributed by atoms with Crippen LogP contribution in [0.5, 0.6) is 0 Å². The number of benzene rings is 1. The average Bonchev–Trinajstić information content (AvgIpc) is 2.21. The van der Waals surface area contributed by atoms with Crippen molar-refractivity contribution >= 4 is 29.0 Å². The predicted octanol–water partition coefficient (Wildman–Crippen LogP) is 5.00. The summed E-state index contributed by atoms with van der Waals surface area (Å²) in [5.41, 5.74) is 0.539. The number of carbonyl (C=O) groups excluding carboxylic acids is 1. The summed E-state index contributed by atoms with van der Waals surface area (Å²) >= 11 is 11.8. The van der Waals surface area contributed by atoms with E-state index in [-0.39, 0.29) is 5.78 Å². The summed E-state index contributed by atoms with van der Waals surface area (Å²) in [6.07, 6.45) is 2.69. The molecule has 0 amide bonds. The molecule has 0 fully saturated rings. The van der Waals surface area contributed by atoms with Crippen LogP contribution in [0.15, 0.2) is 18.2 Å². The van der Waals surface area contributed by atoms with Crippen molar-refractivity contribution in [1.29, 1.82) is 0 Å². The summed E-state index contributed by atoms with van der Waals surface area (Å²) in [4.78, 5) is 12.0. The molecule has 1 aromatic carbocycles. The second kappa shape index (κ2) is 6.27. The zero-order chi connectivity index (χ0) is 12.1. The number of hydrogen-bond acceptors (Lipinski definition) is 1. The molecule has 0 saturated carbocycles. The Morgan fingerprint density at radius 3 is 2.69 bits per heavy atom. The van der Waals surface area contributed by atoms with Gasteiger partial charge in [-0.05, 0) is 24.1 Å². The van der Waals surface area contributed by atoms with Crippen LogP contribution in [0.3, 0.4) is 0 Å². The van der Waals surface area contributed by atoms with Gasteiger partial charge in [-0.2, -0.15) is 0 Å². The maximum Gasteiger partial charge on any atom is 0.164 e. The van der Waals surface area contributed by atoms with E-state index in [4.69, 9.17) is 23.2 Å². The van der Waals surface area contributed by atoms with Crippen LogP contribution in [-0.4, -0.2) is 5.78 Å². The highest BCUT2D eigenvalue weighted by Crippen LogP contribution is 2.24. The standard InChI is InChI=1S/C13H16Cl2O/c1-3-4-9(2)7-13(16)11-8-10(14)5-6-12(11)15/h5-6,8-9H,3-4,7H2,1-2H3. The molecule has 0 spiro atoms. The number of rotatable bonds is 5. The van der Waals surface area contributed by atoms with E-state index in [1.807, 2.05) is 0 Å². The van der Waals surface area contributed by atoms with Crippen molar-refractivity contribution in [3.8, 4) is 0 Å². The number of halogens is 2. The number of ketones is 1. The third kappa shape index (κ3) is 3.80. The lowest BCUT2D eigenvalue weighted by Gasteiger charge is -2.10. The summed E-state index contributed by atoms with van der Waals surface area (Å²) in [7, 11) is 0. The van der Waals surface area contributed by atoms with Crippen molar-refractivity contribution in [3.63, 3.8) is 0 Å². The highest BCUT2D eigenvalue weighted by Gasteiger charge is 2.14. The van der Waals surface area contributed by atoms with E-state index in [1.54, 1.807) is 18.2 Å². The molecule has 1 unspecified atom stereocenters.